The zero-order valence-corrected chi connectivity index (χ0v) is 16.2. The molecule has 0 saturated carbocycles. The second-order valence-corrected chi connectivity index (χ2v) is 7.55. The molecule has 2 aromatic carbocycles. The molecule has 1 unspecified atom stereocenters. The third kappa shape index (κ3) is 3.59. The number of carbonyl (C=O) groups is 1. The Balaban J connectivity index is 1.37. The fourth-order valence-corrected chi connectivity index (χ4v) is 4.00. The number of aromatic carboxylic acids is 1. The van der Waals surface area contributed by atoms with Crippen LogP contribution in [-0.4, -0.2) is 32.1 Å². The molecule has 1 aliphatic carbocycles. The largest absolute Gasteiger partial charge is 0.478 e. The Morgan fingerprint density at radius 1 is 1.03 bits per heavy atom. The maximum atomic E-state index is 11.3. The van der Waals surface area contributed by atoms with Crippen molar-refractivity contribution < 1.29 is 9.90 Å². The maximum absolute atomic E-state index is 11.3. The molecule has 5 rings (SSSR count). The number of pyridine rings is 1. The van der Waals surface area contributed by atoms with Gasteiger partial charge in [0.05, 0.1) is 16.8 Å². The van der Waals surface area contributed by atoms with Gasteiger partial charge in [-0.15, -0.1) is 0 Å². The lowest BCUT2D eigenvalue weighted by molar-refractivity contribution is 0.0696. The van der Waals surface area contributed by atoms with Gasteiger partial charge in [-0.2, -0.15) is 0 Å². The SMILES string of the molecule is O=C(O)c1ccc2c(c1)CC(Nc1nccc(-c3cnc4ccccc4c3)n1)CC2. The summed E-state index contributed by atoms with van der Waals surface area (Å²) in [6, 6.07) is 17.5. The van der Waals surface area contributed by atoms with Gasteiger partial charge in [-0.25, -0.2) is 14.8 Å². The number of hydrogen-bond acceptors (Lipinski definition) is 5. The number of benzene rings is 2. The summed E-state index contributed by atoms with van der Waals surface area (Å²) in [5.41, 5.74) is 5.34. The molecule has 1 aliphatic rings. The first-order valence-corrected chi connectivity index (χ1v) is 9.95. The molecule has 2 heterocycles. The smallest absolute Gasteiger partial charge is 0.335 e. The van der Waals surface area contributed by atoms with E-state index >= 15 is 0 Å². The van der Waals surface area contributed by atoms with E-state index in [-0.39, 0.29) is 6.04 Å². The minimum atomic E-state index is -0.895. The van der Waals surface area contributed by atoms with Crippen molar-refractivity contribution in [1.29, 1.82) is 0 Å². The van der Waals surface area contributed by atoms with E-state index in [0.717, 1.165) is 47.0 Å². The second kappa shape index (κ2) is 7.55. The van der Waals surface area contributed by atoms with Gasteiger partial charge in [0, 0.05) is 29.4 Å². The van der Waals surface area contributed by atoms with Crippen LogP contribution in [0.1, 0.15) is 27.9 Å². The molecule has 1 atom stereocenters. The maximum Gasteiger partial charge on any atom is 0.335 e. The fraction of sp³-hybridized carbons (Fsp3) is 0.167. The normalized spacial score (nSPS) is 15.5. The predicted molar refractivity (Wildman–Crippen MR) is 116 cm³/mol. The van der Waals surface area contributed by atoms with Crippen LogP contribution in [0.4, 0.5) is 5.95 Å². The molecule has 148 valence electrons. The van der Waals surface area contributed by atoms with E-state index in [2.05, 4.69) is 26.3 Å². The Hall–Kier alpha value is -3.80. The Morgan fingerprint density at radius 3 is 2.83 bits per heavy atom. The monoisotopic (exact) mass is 396 g/mol. The van der Waals surface area contributed by atoms with Crippen LogP contribution in [0.3, 0.4) is 0 Å². The van der Waals surface area contributed by atoms with Crippen molar-refractivity contribution in [2.45, 2.75) is 25.3 Å². The number of para-hydroxylation sites is 1. The average molecular weight is 396 g/mol. The van der Waals surface area contributed by atoms with Crippen LogP contribution < -0.4 is 5.32 Å². The highest BCUT2D eigenvalue weighted by molar-refractivity contribution is 5.88. The standard InChI is InChI=1S/C24H20N4O2/c29-23(30)17-6-5-15-7-8-20(13-18(15)12-17)27-24-25-10-9-22(28-24)19-11-16-3-1-2-4-21(16)26-14-19/h1-6,9-12,14,20H,7-8,13H2,(H,29,30)(H,25,27,28). The third-order valence-electron chi connectivity index (χ3n) is 5.56. The molecule has 6 heteroatoms. The van der Waals surface area contributed by atoms with E-state index in [0.29, 0.717) is 11.5 Å². The van der Waals surface area contributed by atoms with E-state index in [4.69, 9.17) is 0 Å². The summed E-state index contributed by atoms with van der Waals surface area (Å²) in [5, 5.41) is 13.7. The lowest BCUT2D eigenvalue weighted by Gasteiger charge is -2.26. The van der Waals surface area contributed by atoms with Crippen molar-refractivity contribution in [3.05, 3.63) is 83.7 Å². The molecular formula is C24H20N4O2. The first kappa shape index (κ1) is 18.2. The van der Waals surface area contributed by atoms with E-state index in [1.165, 1.54) is 5.56 Å². The Kier molecular flexibility index (Phi) is 4.59. The van der Waals surface area contributed by atoms with E-state index < -0.39 is 5.97 Å². The van der Waals surface area contributed by atoms with E-state index in [1.807, 2.05) is 42.6 Å². The molecule has 0 amide bonds. The molecule has 0 radical (unpaired) electrons. The van der Waals surface area contributed by atoms with Crippen molar-refractivity contribution in [3.63, 3.8) is 0 Å². The van der Waals surface area contributed by atoms with Crippen LogP contribution in [0.25, 0.3) is 22.2 Å². The van der Waals surface area contributed by atoms with Crippen molar-refractivity contribution in [3.8, 4) is 11.3 Å². The number of nitrogens with zero attached hydrogens (tertiary/aromatic N) is 3. The van der Waals surface area contributed by atoms with Crippen LogP contribution in [0.15, 0.2) is 67.0 Å². The molecule has 0 bridgehead atoms. The highest BCUT2D eigenvalue weighted by atomic mass is 16.4. The first-order chi connectivity index (χ1) is 14.7. The lowest BCUT2D eigenvalue weighted by atomic mass is 9.87. The van der Waals surface area contributed by atoms with Gasteiger partial charge in [0.15, 0.2) is 0 Å². The topological polar surface area (TPSA) is 88.0 Å². The number of carboxylic acids is 1. The molecule has 6 nitrogen and oxygen atoms in total. The van der Waals surface area contributed by atoms with Crippen molar-refractivity contribution in [1.82, 2.24) is 15.0 Å². The lowest BCUT2D eigenvalue weighted by Crippen LogP contribution is -2.28. The molecule has 0 saturated heterocycles. The molecule has 0 fully saturated rings. The van der Waals surface area contributed by atoms with Crippen LogP contribution >= 0.6 is 0 Å². The molecule has 0 spiro atoms. The Bertz CT molecular complexity index is 1250. The fourth-order valence-electron chi connectivity index (χ4n) is 4.00. The summed E-state index contributed by atoms with van der Waals surface area (Å²) >= 11 is 0. The highest BCUT2D eigenvalue weighted by Crippen LogP contribution is 2.26. The summed E-state index contributed by atoms with van der Waals surface area (Å²) < 4.78 is 0. The first-order valence-electron chi connectivity index (χ1n) is 9.95. The number of aromatic nitrogens is 3. The molecular weight excluding hydrogens is 376 g/mol. The van der Waals surface area contributed by atoms with Crippen LogP contribution in [0, 0.1) is 0 Å². The van der Waals surface area contributed by atoms with Crippen LogP contribution in [-0.2, 0) is 12.8 Å². The number of aryl methyl sites for hydroxylation is 1. The van der Waals surface area contributed by atoms with Gasteiger partial charge >= 0.3 is 5.97 Å². The zero-order chi connectivity index (χ0) is 20.5. The quantitative estimate of drug-likeness (QED) is 0.533. The number of fused-ring (bicyclic) bond motifs is 2. The molecule has 30 heavy (non-hydrogen) atoms. The summed E-state index contributed by atoms with van der Waals surface area (Å²) in [5.74, 6) is -0.323. The molecule has 0 aliphatic heterocycles. The van der Waals surface area contributed by atoms with Gasteiger partial charge in [0.1, 0.15) is 0 Å². The second-order valence-electron chi connectivity index (χ2n) is 7.55. The van der Waals surface area contributed by atoms with E-state index in [1.54, 1.807) is 18.3 Å². The number of rotatable bonds is 4. The summed E-state index contributed by atoms with van der Waals surface area (Å²) in [6.07, 6.45) is 6.19. The zero-order valence-electron chi connectivity index (χ0n) is 16.2. The summed E-state index contributed by atoms with van der Waals surface area (Å²) in [7, 11) is 0. The highest BCUT2D eigenvalue weighted by Gasteiger charge is 2.20. The van der Waals surface area contributed by atoms with Gasteiger partial charge in [-0.1, -0.05) is 24.3 Å². The predicted octanol–water partition coefficient (Wildman–Crippen LogP) is 4.36. The van der Waals surface area contributed by atoms with Gasteiger partial charge < -0.3 is 10.4 Å². The molecule has 2 aromatic heterocycles. The molecule has 4 aromatic rings. The van der Waals surface area contributed by atoms with Crippen molar-refractivity contribution in [2.75, 3.05) is 5.32 Å². The van der Waals surface area contributed by atoms with Gasteiger partial charge in [-0.3, -0.25) is 4.98 Å². The molecule has 2 N–H and O–H groups in total. The van der Waals surface area contributed by atoms with E-state index in [9.17, 15) is 9.90 Å². The Morgan fingerprint density at radius 2 is 1.93 bits per heavy atom. The minimum Gasteiger partial charge on any atom is -0.478 e. The average Bonchev–Trinajstić information content (AvgIpc) is 2.78. The summed E-state index contributed by atoms with van der Waals surface area (Å²) in [4.78, 5) is 24.9. The number of nitrogens with one attached hydrogen (secondary N) is 1. The van der Waals surface area contributed by atoms with Crippen LogP contribution in [0.2, 0.25) is 0 Å². The third-order valence-corrected chi connectivity index (χ3v) is 5.56. The number of carboxylic acid groups (broad SMARTS) is 1. The number of anilines is 1. The van der Waals surface area contributed by atoms with Gasteiger partial charge in [0.2, 0.25) is 5.95 Å². The van der Waals surface area contributed by atoms with Gasteiger partial charge in [0.25, 0.3) is 0 Å². The Labute approximate surface area is 173 Å². The minimum absolute atomic E-state index is 0.159. The van der Waals surface area contributed by atoms with Crippen molar-refractivity contribution in [2.24, 2.45) is 0 Å². The van der Waals surface area contributed by atoms with Crippen molar-refractivity contribution >= 4 is 22.8 Å². The van der Waals surface area contributed by atoms with Crippen LogP contribution in [0.5, 0.6) is 0 Å². The van der Waals surface area contributed by atoms with Gasteiger partial charge in [-0.05, 0) is 60.7 Å². The number of hydrogen-bond donors (Lipinski definition) is 2. The summed E-state index contributed by atoms with van der Waals surface area (Å²) in [6.45, 7) is 0.